The molecule has 5 aromatic rings. The highest BCUT2D eigenvalue weighted by Crippen LogP contribution is 2.44. The third kappa shape index (κ3) is 5.18. The van der Waals surface area contributed by atoms with Gasteiger partial charge < -0.3 is 14.9 Å². The minimum atomic E-state index is -1.15. The Morgan fingerprint density at radius 2 is 1.98 bits per heavy atom. The van der Waals surface area contributed by atoms with Crippen LogP contribution in [0.15, 0.2) is 47.1 Å². The lowest BCUT2D eigenvalue weighted by Crippen LogP contribution is -2.52. The highest BCUT2D eigenvalue weighted by molar-refractivity contribution is 6.30. The second kappa shape index (κ2) is 10.7. The van der Waals surface area contributed by atoms with Gasteiger partial charge >= 0.3 is 0 Å². The molecule has 1 aliphatic heterocycles. The summed E-state index contributed by atoms with van der Waals surface area (Å²) in [6.07, 6.45) is 5.98. The molecule has 5 heterocycles. The maximum atomic E-state index is 13.5. The highest BCUT2D eigenvalue weighted by Gasteiger charge is 2.41. The lowest BCUT2D eigenvalue weighted by Gasteiger charge is -2.39. The number of fused-ring (bicyclic) bond motifs is 2. The van der Waals surface area contributed by atoms with Crippen LogP contribution in [0.25, 0.3) is 22.2 Å². The number of nitrogens with two attached hydrogens (primary N) is 1. The Balaban J connectivity index is 1.39. The molecule has 2 amide bonds. The van der Waals surface area contributed by atoms with Crippen molar-refractivity contribution in [3.05, 3.63) is 76.5 Å². The number of aromatic nitrogens is 6. The molecule has 1 unspecified atom stereocenters. The fourth-order valence-electron chi connectivity index (χ4n) is 5.83. The summed E-state index contributed by atoms with van der Waals surface area (Å²) in [5, 5.41) is 14.0. The zero-order valence-corrected chi connectivity index (χ0v) is 26.0. The summed E-state index contributed by atoms with van der Waals surface area (Å²) in [5.74, 6) is 0.978. The molecule has 1 aliphatic carbocycles. The Morgan fingerprint density at radius 3 is 2.64 bits per heavy atom. The van der Waals surface area contributed by atoms with Crippen molar-refractivity contribution in [2.24, 2.45) is 11.7 Å². The van der Waals surface area contributed by atoms with E-state index in [0.717, 1.165) is 12.8 Å². The molecule has 45 heavy (non-hydrogen) atoms. The van der Waals surface area contributed by atoms with Crippen molar-refractivity contribution in [1.29, 1.82) is 0 Å². The fourth-order valence-corrected chi connectivity index (χ4v) is 5.94. The number of halogens is 1. The van der Waals surface area contributed by atoms with Gasteiger partial charge in [-0.05, 0) is 75.8 Å². The molecular weight excluding hydrogens is 596 g/mol. The minimum Gasteiger partial charge on any atom is -0.476 e. The minimum absolute atomic E-state index is 0.207. The SMILES string of the molecule is Cc1nnc(C(C)n2ncc3c(-c4ccc5c(c4)OC(C)(C)C(=O)N5Cc4ccc(Cl)cn4)c(C(N)=O)c(CC4CC4)nc32)o1. The molecule has 0 spiro atoms. The summed E-state index contributed by atoms with van der Waals surface area (Å²) in [6.45, 7) is 7.32. The zero-order valence-electron chi connectivity index (χ0n) is 25.2. The van der Waals surface area contributed by atoms with E-state index in [1.807, 2.05) is 25.1 Å². The predicted molar refractivity (Wildman–Crippen MR) is 166 cm³/mol. The summed E-state index contributed by atoms with van der Waals surface area (Å²) in [6, 6.07) is 8.64. The first-order valence-corrected chi connectivity index (χ1v) is 15.1. The number of carbonyl (C=O) groups excluding carboxylic acids is 2. The number of ether oxygens (including phenoxy) is 1. The van der Waals surface area contributed by atoms with Crippen molar-refractivity contribution in [2.75, 3.05) is 4.90 Å². The van der Waals surface area contributed by atoms with Crippen molar-refractivity contribution >= 4 is 40.1 Å². The molecule has 0 saturated heterocycles. The number of hydrogen-bond donors (Lipinski definition) is 1. The van der Waals surface area contributed by atoms with Crippen molar-refractivity contribution in [3.63, 3.8) is 0 Å². The quantitative estimate of drug-likeness (QED) is 0.244. The van der Waals surface area contributed by atoms with E-state index in [1.165, 1.54) is 0 Å². The van der Waals surface area contributed by atoms with E-state index in [2.05, 4.69) is 20.3 Å². The largest absolute Gasteiger partial charge is 0.476 e. The maximum Gasteiger partial charge on any atom is 0.271 e. The van der Waals surface area contributed by atoms with Crippen molar-refractivity contribution in [2.45, 2.75) is 65.1 Å². The number of anilines is 1. The van der Waals surface area contributed by atoms with Crippen LogP contribution in [0.3, 0.4) is 0 Å². The van der Waals surface area contributed by atoms with Crippen LogP contribution in [-0.4, -0.2) is 47.4 Å². The first-order valence-electron chi connectivity index (χ1n) is 14.8. The van der Waals surface area contributed by atoms with Crippen molar-refractivity contribution in [1.82, 2.24) is 29.9 Å². The molecule has 1 fully saturated rings. The lowest BCUT2D eigenvalue weighted by atomic mass is 9.92. The van der Waals surface area contributed by atoms with Crippen LogP contribution < -0.4 is 15.4 Å². The molecule has 1 aromatic carbocycles. The Kier molecular flexibility index (Phi) is 6.84. The number of pyridine rings is 2. The molecule has 13 heteroatoms. The normalized spacial score (nSPS) is 16.5. The summed E-state index contributed by atoms with van der Waals surface area (Å²) in [4.78, 5) is 37.7. The molecule has 0 radical (unpaired) electrons. The van der Waals surface area contributed by atoms with Crippen LogP contribution in [0.4, 0.5) is 5.69 Å². The van der Waals surface area contributed by atoms with Gasteiger partial charge in [-0.15, -0.1) is 10.2 Å². The Morgan fingerprint density at radius 1 is 1.18 bits per heavy atom. The van der Waals surface area contributed by atoms with E-state index in [9.17, 15) is 9.59 Å². The monoisotopic (exact) mass is 626 g/mol. The molecule has 4 aromatic heterocycles. The average molecular weight is 627 g/mol. The van der Waals surface area contributed by atoms with Gasteiger partial charge in [0.15, 0.2) is 11.2 Å². The van der Waals surface area contributed by atoms with Gasteiger partial charge in [0.1, 0.15) is 11.8 Å². The van der Waals surface area contributed by atoms with E-state index < -0.39 is 17.6 Å². The number of amides is 2. The third-order valence-corrected chi connectivity index (χ3v) is 8.51. The Bertz CT molecular complexity index is 1980. The topological polar surface area (TPSA) is 155 Å². The number of primary amides is 1. The number of carbonyl (C=O) groups is 2. The summed E-state index contributed by atoms with van der Waals surface area (Å²) >= 11 is 6.04. The molecule has 230 valence electrons. The molecule has 12 nitrogen and oxygen atoms in total. The first-order chi connectivity index (χ1) is 21.5. The number of rotatable bonds is 8. The van der Waals surface area contributed by atoms with Crippen molar-refractivity contribution in [3.8, 4) is 16.9 Å². The van der Waals surface area contributed by atoms with Gasteiger partial charge in [0, 0.05) is 24.1 Å². The van der Waals surface area contributed by atoms with E-state index in [4.69, 9.17) is 31.5 Å². The van der Waals surface area contributed by atoms with E-state index in [1.54, 1.807) is 54.9 Å². The van der Waals surface area contributed by atoms with Gasteiger partial charge in [-0.1, -0.05) is 17.7 Å². The number of hydrogen-bond acceptors (Lipinski definition) is 9. The van der Waals surface area contributed by atoms with Gasteiger partial charge in [0.25, 0.3) is 11.8 Å². The van der Waals surface area contributed by atoms with Gasteiger partial charge in [0.05, 0.1) is 40.4 Å². The maximum absolute atomic E-state index is 13.5. The van der Waals surface area contributed by atoms with Crippen LogP contribution >= 0.6 is 11.6 Å². The second-order valence-electron chi connectivity index (χ2n) is 12.1. The standard InChI is InChI=1S/C32H31ClN8O4/c1-16(30-39-38-17(2)44-30)41-29-22(14-36-41)26(27(28(34)42)23(37-29)11-18-5-6-18)19-7-10-24-25(12-19)45-32(3,4)31(43)40(24)15-21-9-8-20(33)13-35-21/h7-10,12-14,16,18H,5-6,11,15H2,1-4H3,(H2,34,42). The van der Waals surface area contributed by atoms with Crippen LogP contribution in [0.1, 0.15) is 73.2 Å². The summed E-state index contributed by atoms with van der Waals surface area (Å²) < 4.78 is 13.7. The van der Waals surface area contributed by atoms with Crippen LogP contribution in [-0.2, 0) is 17.8 Å². The molecule has 1 saturated carbocycles. The third-order valence-electron chi connectivity index (χ3n) is 8.28. The summed E-state index contributed by atoms with van der Waals surface area (Å²) in [7, 11) is 0. The molecule has 7 rings (SSSR count). The van der Waals surface area contributed by atoms with Gasteiger partial charge in [-0.2, -0.15) is 5.10 Å². The highest BCUT2D eigenvalue weighted by atomic mass is 35.5. The number of aryl methyl sites for hydroxylation is 1. The van der Waals surface area contributed by atoms with Crippen LogP contribution in [0.2, 0.25) is 5.02 Å². The Labute approximate surface area is 263 Å². The molecule has 2 N–H and O–H groups in total. The lowest BCUT2D eigenvalue weighted by molar-refractivity contribution is -0.132. The summed E-state index contributed by atoms with van der Waals surface area (Å²) in [5.41, 5.74) is 9.01. The van der Waals surface area contributed by atoms with Crippen LogP contribution in [0.5, 0.6) is 5.75 Å². The second-order valence-corrected chi connectivity index (χ2v) is 12.6. The predicted octanol–water partition coefficient (Wildman–Crippen LogP) is 5.20. The smallest absolute Gasteiger partial charge is 0.271 e. The fraction of sp³-hybridized carbons (Fsp3) is 0.344. The molecular formula is C32H31ClN8O4. The number of nitrogens with zero attached hydrogens (tertiary/aromatic N) is 7. The van der Waals surface area contributed by atoms with E-state index in [0.29, 0.717) is 79.7 Å². The molecule has 1 atom stereocenters. The van der Waals surface area contributed by atoms with Gasteiger partial charge in [0.2, 0.25) is 11.8 Å². The van der Waals surface area contributed by atoms with E-state index in [-0.39, 0.29) is 12.5 Å². The number of benzene rings is 1. The molecule has 0 bridgehead atoms. The zero-order chi connectivity index (χ0) is 31.6. The van der Waals surface area contributed by atoms with Gasteiger partial charge in [-0.3, -0.25) is 19.5 Å². The Hall–Kier alpha value is -4.84. The van der Waals surface area contributed by atoms with Crippen LogP contribution in [0, 0.1) is 12.8 Å². The van der Waals surface area contributed by atoms with Crippen molar-refractivity contribution < 1.29 is 18.7 Å². The van der Waals surface area contributed by atoms with Gasteiger partial charge in [-0.25, -0.2) is 9.67 Å². The average Bonchev–Trinajstić information content (AvgIpc) is 3.54. The first kappa shape index (κ1) is 28.9. The van der Waals surface area contributed by atoms with E-state index >= 15 is 0 Å². The molecule has 2 aliphatic rings.